The maximum atomic E-state index is 12.2. The first-order valence-corrected chi connectivity index (χ1v) is 7.86. The van der Waals surface area contributed by atoms with Gasteiger partial charge in [-0.15, -0.1) is 10.2 Å². The normalized spacial score (nSPS) is 11.4. The number of hydrogen-bond donors (Lipinski definition) is 2. The summed E-state index contributed by atoms with van der Waals surface area (Å²) in [5, 5.41) is 20.2. The fourth-order valence-corrected chi connectivity index (χ4v) is 2.22. The van der Waals surface area contributed by atoms with Crippen LogP contribution in [0.25, 0.3) is 0 Å². The van der Waals surface area contributed by atoms with Crippen molar-refractivity contribution >= 4 is 5.91 Å². The molecule has 0 saturated carbocycles. The van der Waals surface area contributed by atoms with Crippen LogP contribution in [-0.4, -0.2) is 37.9 Å². The molecule has 0 aliphatic carbocycles. The summed E-state index contributed by atoms with van der Waals surface area (Å²) >= 11 is 0. The van der Waals surface area contributed by atoms with E-state index in [-0.39, 0.29) is 5.91 Å². The first-order chi connectivity index (χ1) is 10.9. The van der Waals surface area contributed by atoms with E-state index in [1.807, 2.05) is 28.8 Å². The van der Waals surface area contributed by atoms with E-state index in [0.717, 1.165) is 24.9 Å². The van der Waals surface area contributed by atoms with Gasteiger partial charge in [0, 0.05) is 18.7 Å². The van der Waals surface area contributed by atoms with Crippen LogP contribution in [0.15, 0.2) is 36.9 Å². The third-order valence-corrected chi connectivity index (χ3v) is 3.56. The lowest BCUT2D eigenvalue weighted by Gasteiger charge is -2.16. The van der Waals surface area contributed by atoms with Crippen LogP contribution >= 0.6 is 0 Å². The second kappa shape index (κ2) is 7.87. The van der Waals surface area contributed by atoms with Crippen LogP contribution < -0.4 is 5.32 Å². The Morgan fingerprint density at radius 1 is 1.30 bits per heavy atom. The van der Waals surface area contributed by atoms with E-state index in [1.54, 1.807) is 26.5 Å². The van der Waals surface area contributed by atoms with Gasteiger partial charge < -0.3 is 15.0 Å². The molecule has 1 aromatic heterocycles. The van der Waals surface area contributed by atoms with Gasteiger partial charge >= 0.3 is 0 Å². The maximum absolute atomic E-state index is 12.2. The number of benzene rings is 1. The summed E-state index contributed by atoms with van der Waals surface area (Å²) < 4.78 is 1.88. The fourth-order valence-electron chi connectivity index (χ4n) is 2.22. The minimum atomic E-state index is -0.694. The van der Waals surface area contributed by atoms with Gasteiger partial charge in [-0.25, -0.2) is 0 Å². The number of hydrogen-bond acceptors (Lipinski definition) is 4. The Morgan fingerprint density at radius 2 is 2.04 bits per heavy atom. The van der Waals surface area contributed by atoms with Crippen molar-refractivity contribution < 1.29 is 9.90 Å². The van der Waals surface area contributed by atoms with E-state index < -0.39 is 5.60 Å². The highest BCUT2D eigenvalue weighted by molar-refractivity contribution is 5.94. The molecule has 2 aromatic rings. The van der Waals surface area contributed by atoms with E-state index in [4.69, 9.17) is 0 Å². The second-order valence-electron chi connectivity index (χ2n) is 6.32. The van der Waals surface area contributed by atoms with Gasteiger partial charge in [-0.3, -0.25) is 4.79 Å². The van der Waals surface area contributed by atoms with Gasteiger partial charge in [0.25, 0.3) is 5.91 Å². The average molecular weight is 316 g/mol. The van der Waals surface area contributed by atoms with Crippen molar-refractivity contribution in [1.82, 2.24) is 20.1 Å². The van der Waals surface area contributed by atoms with Crippen LogP contribution in [0.2, 0.25) is 0 Å². The van der Waals surface area contributed by atoms with Gasteiger partial charge in [0.05, 0.1) is 5.60 Å². The van der Waals surface area contributed by atoms with Gasteiger partial charge in [0.2, 0.25) is 0 Å². The summed E-state index contributed by atoms with van der Waals surface area (Å²) in [7, 11) is 0. The van der Waals surface area contributed by atoms with Crippen molar-refractivity contribution in [3.63, 3.8) is 0 Å². The molecule has 6 heteroatoms. The number of rotatable bonds is 8. The lowest BCUT2D eigenvalue weighted by molar-refractivity contribution is 0.0714. The number of nitrogens with zero attached hydrogens (tertiary/aromatic N) is 3. The molecule has 0 unspecified atom stereocenters. The zero-order valence-corrected chi connectivity index (χ0v) is 13.7. The molecule has 124 valence electrons. The Morgan fingerprint density at radius 3 is 2.74 bits per heavy atom. The largest absolute Gasteiger partial charge is 0.390 e. The molecule has 6 nitrogen and oxygen atoms in total. The van der Waals surface area contributed by atoms with E-state index in [0.29, 0.717) is 18.5 Å². The molecular weight excluding hydrogens is 292 g/mol. The number of aromatic nitrogens is 3. The first-order valence-electron chi connectivity index (χ1n) is 7.86. The van der Waals surface area contributed by atoms with Gasteiger partial charge in [0.15, 0.2) is 0 Å². The number of carbonyl (C=O) groups excluding carboxylic acids is 1. The molecule has 0 radical (unpaired) electrons. The van der Waals surface area contributed by atoms with E-state index in [1.165, 1.54) is 0 Å². The van der Waals surface area contributed by atoms with Crippen molar-refractivity contribution in [2.75, 3.05) is 6.54 Å². The van der Waals surface area contributed by atoms with Crippen LogP contribution in [0.3, 0.4) is 0 Å². The Hall–Kier alpha value is -2.21. The highest BCUT2D eigenvalue weighted by atomic mass is 16.3. The summed E-state index contributed by atoms with van der Waals surface area (Å²) in [6.45, 7) is 4.96. The third kappa shape index (κ3) is 6.20. The van der Waals surface area contributed by atoms with E-state index in [2.05, 4.69) is 15.5 Å². The topological polar surface area (TPSA) is 80.0 Å². The lowest BCUT2D eigenvalue weighted by Crippen LogP contribution is -2.25. The molecule has 2 N–H and O–H groups in total. The molecule has 0 spiro atoms. The molecule has 0 bridgehead atoms. The highest BCUT2D eigenvalue weighted by Crippen LogP contribution is 2.14. The number of amides is 1. The van der Waals surface area contributed by atoms with Crippen LogP contribution in [0.5, 0.6) is 0 Å². The Kier molecular flexibility index (Phi) is 5.87. The predicted octanol–water partition coefficient (Wildman–Crippen LogP) is 1.80. The third-order valence-electron chi connectivity index (χ3n) is 3.56. The maximum Gasteiger partial charge on any atom is 0.251 e. The zero-order chi connectivity index (χ0) is 16.7. The quantitative estimate of drug-likeness (QED) is 0.728. The molecule has 1 amide bonds. The van der Waals surface area contributed by atoms with Crippen LogP contribution in [0.4, 0.5) is 0 Å². The zero-order valence-electron chi connectivity index (χ0n) is 13.7. The van der Waals surface area contributed by atoms with Crippen molar-refractivity contribution in [2.45, 2.75) is 45.3 Å². The van der Waals surface area contributed by atoms with Crippen molar-refractivity contribution in [3.05, 3.63) is 48.0 Å². The molecule has 0 aliphatic heterocycles. The van der Waals surface area contributed by atoms with Crippen molar-refractivity contribution in [1.29, 1.82) is 0 Å². The summed E-state index contributed by atoms with van der Waals surface area (Å²) in [4.78, 5) is 12.2. The Bertz CT molecular complexity index is 618. The van der Waals surface area contributed by atoms with Crippen LogP contribution in [-0.2, 0) is 13.0 Å². The summed E-state index contributed by atoms with van der Waals surface area (Å²) in [5.41, 5.74) is 1.02. The Balaban J connectivity index is 1.79. The van der Waals surface area contributed by atoms with Crippen LogP contribution in [0.1, 0.15) is 42.6 Å². The van der Waals surface area contributed by atoms with Gasteiger partial charge in [-0.2, -0.15) is 0 Å². The fraction of sp³-hybridized carbons (Fsp3) is 0.471. The van der Waals surface area contributed by atoms with Gasteiger partial charge in [-0.1, -0.05) is 12.1 Å². The number of carbonyl (C=O) groups is 1. The van der Waals surface area contributed by atoms with Crippen molar-refractivity contribution in [2.24, 2.45) is 0 Å². The summed E-state index contributed by atoms with van der Waals surface area (Å²) in [5.74, 6) is -0.0705. The lowest BCUT2D eigenvalue weighted by atomic mass is 9.98. The van der Waals surface area contributed by atoms with Gasteiger partial charge in [-0.05, 0) is 50.8 Å². The van der Waals surface area contributed by atoms with E-state index >= 15 is 0 Å². The monoisotopic (exact) mass is 316 g/mol. The molecule has 2 rings (SSSR count). The van der Waals surface area contributed by atoms with E-state index in [9.17, 15) is 9.90 Å². The second-order valence-corrected chi connectivity index (χ2v) is 6.32. The standard InChI is InChI=1S/C17H24N4O2/c1-17(2,23)8-7-14-5-3-6-15(11-14)16(22)18-9-4-10-21-12-19-20-13-21/h3,5-6,11-13,23H,4,7-10H2,1-2H3,(H,18,22). The molecule has 1 heterocycles. The number of aliphatic hydroxyl groups is 1. The SMILES string of the molecule is CC(C)(O)CCc1cccc(C(=O)NCCCn2cnnc2)c1. The molecule has 0 fully saturated rings. The molecular formula is C17H24N4O2. The first kappa shape index (κ1) is 17.1. The summed E-state index contributed by atoms with van der Waals surface area (Å²) in [6, 6.07) is 7.56. The minimum Gasteiger partial charge on any atom is -0.390 e. The molecule has 0 atom stereocenters. The summed E-state index contributed by atoms with van der Waals surface area (Å²) in [6.07, 6.45) is 5.55. The smallest absolute Gasteiger partial charge is 0.251 e. The average Bonchev–Trinajstić information content (AvgIpc) is 3.02. The number of nitrogens with one attached hydrogen (secondary N) is 1. The molecule has 1 aromatic carbocycles. The van der Waals surface area contributed by atoms with Crippen molar-refractivity contribution in [3.8, 4) is 0 Å². The molecule has 23 heavy (non-hydrogen) atoms. The van der Waals surface area contributed by atoms with Crippen LogP contribution in [0, 0.1) is 0 Å². The molecule has 0 saturated heterocycles. The predicted molar refractivity (Wildman–Crippen MR) is 88.0 cm³/mol. The van der Waals surface area contributed by atoms with Gasteiger partial charge in [0.1, 0.15) is 12.7 Å². The molecule has 0 aliphatic rings. The minimum absolute atomic E-state index is 0.0705. The highest BCUT2D eigenvalue weighted by Gasteiger charge is 2.13. The number of aryl methyl sites for hydroxylation is 2. The Labute approximate surface area is 136 Å².